The summed E-state index contributed by atoms with van der Waals surface area (Å²) in [4.78, 5) is 9.01. The molecule has 5 rings (SSSR count). The van der Waals surface area contributed by atoms with Gasteiger partial charge in [-0.3, -0.25) is 4.98 Å². The van der Waals surface area contributed by atoms with Crippen LogP contribution in [0.25, 0.3) is 31.8 Å². The number of benzene rings is 3. The van der Waals surface area contributed by atoms with Crippen molar-refractivity contribution in [3.05, 3.63) is 72.3 Å². The minimum atomic E-state index is -0.264. The molecule has 0 amide bonds. The van der Waals surface area contributed by atoms with Crippen molar-refractivity contribution < 1.29 is 9.50 Å². The number of phenols is 1. The number of phenolic OH excluding ortho intramolecular Hbond substituents is 1. The van der Waals surface area contributed by atoms with Crippen LogP contribution in [0.1, 0.15) is 5.56 Å². The van der Waals surface area contributed by atoms with E-state index in [-0.39, 0.29) is 11.6 Å². The summed E-state index contributed by atoms with van der Waals surface area (Å²) in [6.45, 7) is 0.733. The van der Waals surface area contributed by atoms with Crippen molar-refractivity contribution in [2.75, 3.05) is 11.9 Å². The number of halogens is 1. The van der Waals surface area contributed by atoms with E-state index in [0.717, 1.165) is 55.4 Å². The van der Waals surface area contributed by atoms with Gasteiger partial charge < -0.3 is 10.4 Å². The zero-order chi connectivity index (χ0) is 19.1. The van der Waals surface area contributed by atoms with E-state index in [1.54, 1.807) is 48.0 Å². The van der Waals surface area contributed by atoms with Crippen LogP contribution in [0.5, 0.6) is 5.75 Å². The summed E-state index contributed by atoms with van der Waals surface area (Å²) >= 11 is 1.60. The smallest absolute Gasteiger partial charge is 0.183 e. The zero-order valence-corrected chi connectivity index (χ0v) is 15.6. The standard InChI is InChI=1S/C22H16FN3OS/c23-14-3-6-16-18(11-14)19-12-24-9-8-17(19)21-20(16)26-22(28-21)25-10-7-13-1-4-15(27)5-2-13/h1-6,8-9,11-12,27H,7,10H2,(H,25,26). The molecule has 2 aromatic heterocycles. The number of thiazole rings is 1. The summed E-state index contributed by atoms with van der Waals surface area (Å²) in [5.74, 6) is 0.00652. The molecule has 0 unspecified atom stereocenters. The van der Waals surface area contributed by atoms with Gasteiger partial charge in [0.05, 0.1) is 10.2 Å². The molecule has 5 aromatic rings. The van der Waals surface area contributed by atoms with E-state index in [1.165, 1.54) is 6.07 Å². The van der Waals surface area contributed by atoms with Gasteiger partial charge in [-0.2, -0.15) is 0 Å². The van der Waals surface area contributed by atoms with Crippen LogP contribution in [0.2, 0.25) is 0 Å². The molecule has 0 fully saturated rings. The molecular weight excluding hydrogens is 373 g/mol. The van der Waals surface area contributed by atoms with Gasteiger partial charge >= 0.3 is 0 Å². The molecule has 2 heterocycles. The molecule has 0 atom stereocenters. The van der Waals surface area contributed by atoms with Crippen molar-refractivity contribution in [2.24, 2.45) is 0 Å². The van der Waals surface area contributed by atoms with Crippen LogP contribution in [0.15, 0.2) is 60.9 Å². The zero-order valence-electron chi connectivity index (χ0n) is 14.8. The summed E-state index contributed by atoms with van der Waals surface area (Å²) < 4.78 is 14.9. The first-order valence-electron chi connectivity index (χ1n) is 8.96. The molecule has 0 saturated carbocycles. The fourth-order valence-corrected chi connectivity index (χ4v) is 4.53. The van der Waals surface area contributed by atoms with Crippen LogP contribution in [0.4, 0.5) is 9.52 Å². The number of fused-ring (bicyclic) bond motifs is 6. The third kappa shape index (κ3) is 2.92. The first kappa shape index (κ1) is 16.9. The van der Waals surface area contributed by atoms with E-state index in [9.17, 15) is 9.50 Å². The molecule has 3 aromatic carbocycles. The van der Waals surface area contributed by atoms with Crippen LogP contribution in [-0.4, -0.2) is 21.6 Å². The quantitative estimate of drug-likeness (QED) is 0.399. The molecular formula is C22H16FN3OS. The second-order valence-electron chi connectivity index (χ2n) is 6.65. The SMILES string of the molecule is Oc1ccc(CCNc2nc3c4ccc(F)cc4c4cnccc4c3s2)cc1. The van der Waals surface area contributed by atoms with Gasteiger partial charge in [0.15, 0.2) is 5.13 Å². The highest BCUT2D eigenvalue weighted by atomic mass is 32.1. The van der Waals surface area contributed by atoms with Crippen molar-refractivity contribution in [3.8, 4) is 5.75 Å². The number of nitrogens with zero attached hydrogens (tertiary/aromatic N) is 2. The van der Waals surface area contributed by atoms with Gasteiger partial charge in [-0.1, -0.05) is 23.5 Å². The first-order chi connectivity index (χ1) is 13.7. The fraction of sp³-hybridized carbons (Fsp3) is 0.0909. The summed E-state index contributed by atoms with van der Waals surface area (Å²) in [7, 11) is 0. The van der Waals surface area contributed by atoms with E-state index in [0.29, 0.717) is 0 Å². The predicted molar refractivity (Wildman–Crippen MR) is 113 cm³/mol. The van der Waals surface area contributed by atoms with Gasteiger partial charge in [0, 0.05) is 35.1 Å². The monoisotopic (exact) mass is 389 g/mol. The predicted octanol–water partition coefficient (Wildman–Crippen LogP) is 5.50. The maximum atomic E-state index is 13.9. The van der Waals surface area contributed by atoms with Crippen LogP contribution >= 0.6 is 11.3 Å². The molecule has 0 aliphatic carbocycles. The number of rotatable bonds is 4. The van der Waals surface area contributed by atoms with Crippen LogP contribution in [0.3, 0.4) is 0 Å². The van der Waals surface area contributed by atoms with Crippen molar-refractivity contribution in [2.45, 2.75) is 6.42 Å². The molecule has 0 saturated heterocycles. The molecule has 138 valence electrons. The minimum absolute atomic E-state index is 0.264. The lowest BCUT2D eigenvalue weighted by molar-refractivity contribution is 0.475. The number of aromatic hydroxyl groups is 1. The Kier molecular flexibility index (Phi) is 4.06. The third-order valence-corrected chi connectivity index (χ3v) is 5.89. The lowest BCUT2D eigenvalue weighted by Gasteiger charge is -2.05. The van der Waals surface area contributed by atoms with E-state index in [1.807, 2.05) is 18.2 Å². The summed E-state index contributed by atoms with van der Waals surface area (Å²) in [5, 5.41) is 17.3. The Labute approximate surface area is 164 Å². The van der Waals surface area contributed by atoms with Crippen LogP contribution in [0, 0.1) is 5.82 Å². The number of aromatic nitrogens is 2. The molecule has 4 nitrogen and oxygen atoms in total. The lowest BCUT2D eigenvalue weighted by atomic mass is 10.0. The topological polar surface area (TPSA) is 58.0 Å². The molecule has 0 radical (unpaired) electrons. The Hall–Kier alpha value is -3.25. The number of nitrogens with one attached hydrogen (secondary N) is 1. The second kappa shape index (κ2) is 6.73. The highest BCUT2D eigenvalue weighted by Gasteiger charge is 2.14. The lowest BCUT2D eigenvalue weighted by Crippen LogP contribution is -2.04. The molecule has 0 spiro atoms. The molecule has 0 aliphatic rings. The van der Waals surface area contributed by atoms with Crippen molar-refractivity contribution in [1.82, 2.24) is 9.97 Å². The van der Waals surface area contributed by atoms with Crippen LogP contribution in [-0.2, 0) is 6.42 Å². The van der Waals surface area contributed by atoms with Gasteiger partial charge in [0.25, 0.3) is 0 Å². The highest BCUT2D eigenvalue weighted by Crippen LogP contribution is 2.39. The molecule has 6 heteroatoms. The Morgan fingerprint density at radius 3 is 2.68 bits per heavy atom. The molecule has 2 N–H and O–H groups in total. The minimum Gasteiger partial charge on any atom is -0.508 e. The Morgan fingerprint density at radius 1 is 0.964 bits per heavy atom. The van der Waals surface area contributed by atoms with Gasteiger partial charge in [0.1, 0.15) is 11.6 Å². The average Bonchev–Trinajstić information content (AvgIpc) is 3.14. The Bertz CT molecular complexity index is 1310. The number of hydrogen-bond acceptors (Lipinski definition) is 5. The molecule has 0 aliphatic heterocycles. The normalized spacial score (nSPS) is 11.5. The van der Waals surface area contributed by atoms with E-state index in [2.05, 4.69) is 10.3 Å². The largest absolute Gasteiger partial charge is 0.508 e. The van der Waals surface area contributed by atoms with Crippen molar-refractivity contribution >= 4 is 48.2 Å². The second-order valence-corrected chi connectivity index (χ2v) is 7.65. The van der Waals surface area contributed by atoms with Gasteiger partial charge in [-0.25, -0.2) is 9.37 Å². The van der Waals surface area contributed by atoms with Crippen molar-refractivity contribution in [1.29, 1.82) is 0 Å². The van der Waals surface area contributed by atoms with E-state index >= 15 is 0 Å². The van der Waals surface area contributed by atoms with Gasteiger partial charge in [-0.05, 0) is 53.8 Å². The maximum Gasteiger partial charge on any atom is 0.183 e. The Morgan fingerprint density at radius 2 is 1.82 bits per heavy atom. The maximum absolute atomic E-state index is 13.9. The summed E-state index contributed by atoms with van der Waals surface area (Å²) in [6.07, 6.45) is 4.37. The van der Waals surface area contributed by atoms with E-state index < -0.39 is 0 Å². The van der Waals surface area contributed by atoms with Gasteiger partial charge in [-0.15, -0.1) is 0 Å². The average molecular weight is 389 g/mol. The van der Waals surface area contributed by atoms with Crippen molar-refractivity contribution in [3.63, 3.8) is 0 Å². The highest BCUT2D eigenvalue weighted by molar-refractivity contribution is 7.23. The number of pyridine rings is 1. The van der Waals surface area contributed by atoms with Gasteiger partial charge in [0.2, 0.25) is 0 Å². The Balaban J connectivity index is 1.54. The molecule has 0 bridgehead atoms. The summed E-state index contributed by atoms with van der Waals surface area (Å²) in [5.41, 5.74) is 2.02. The third-order valence-electron chi connectivity index (χ3n) is 4.85. The van der Waals surface area contributed by atoms with Crippen LogP contribution < -0.4 is 5.32 Å². The first-order valence-corrected chi connectivity index (χ1v) is 9.78. The van der Waals surface area contributed by atoms with E-state index in [4.69, 9.17) is 4.98 Å². The number of hydrogen-bond donors (Lipinski definition) is 2. The summed E-state index contributed by atoms with van der Waals surface area (Å²) in [6, 6.07) is 14.0. The number of anilines is 1. The molecule has 28 heavy (non-hydrogen) atoms. The fourth-order valence-electron chi connectivity index (χ4n) is 3.49.